The van der Waals surface area contributed by atoms with Crippen molar-refractivity contribution in [3.63, 3.8) is 0 Å². The number of fused-ring (bicyclic) bond motifs is 2. The monoisotopic (exact) mass is 494 g/mol. The van der Waals surface area contributed by atoms with Crippen molar-refractivity contribution in [3.8, 4) is 5.88 Å². The first-order chi connectivity index (χ1) is 18.1. The Hall–Kier alpha value is -4.20. The third-order valence-corrected chi connectivity index (χ3v) is 6.90. The molecule has 1 aromatic heterocycles. The summed E-state index contributed by atoms with van der Waals surface area (Å²) in [6, 6.07) is 12.5. The molecule has 8 nitrogen and oxygen atoms in total. The third-order valence-electron chi connectivity index (χ3n) is 6.90. The topological polar surface area (TPSA) is 91.2 Å². The lowest BCUT2D eigenvalue weighted by Gasteiger charge is -2.41. The molecule has 1 fully saturated rings. The zero-order valence-electron chi connectivity index (χ0n) is 21.0. The molecule has 2 unspecified atom stereocenters. The molecule has 1 aliphatic heterocycles. The van der Waals surface area contributed by atoms with E-state index < -0.39 is 0 Å². The predicted octanol–water partition coefficient (Wildman–Crippen LogP) is 4.70. The molecular formula is C29H30N6O2. The second-order valence-electron chi connectivity index (χ2n) is 9.70. The molecule has 2 aromatic rings. The van der Waals surface area contributed by atoms with Gasteiger partial charge in [0.2, 0.25) is 11.8 Å². The van der Waals surface area contributed by atoms with E-state index >= 15 is 0 Å². The fourth-order valence-electron chi connectivity index (χ4n) is 5.05. The van der Waals surface area contributed by atoms with Gasteiger partial charge in [-0.05, 0) is 55.7 Å². The summed E-state index contributed by atoms with van der Waals surface area (Å²) in [5.41, 5.74) is 6.88. The maximum Gasteiger partial charge on any atom is 0.237 e. The van der Waals surface area contributed by atoms with Gasteiger partial charge in [0.05, 0.1) is 53.7 Å². The van der Waals surface area contributed by atoms with Gasteiger partial charge in [-0.25, -0.2) is 9.98 Å². The van der Waals surface area contributed by atoms with Gasteiger partial charge in [0.15, 0.2) is 0 Å². The number of amides is 1. The zero-order valence-corrected chi connectivity index (χ0v) is 21.0. The Morgan fingerprint density at radius 2 is 2.05 bits per heavy atom. The second-order valence-corrected chi connectivity index (χ2v) is 9.70. The Bertz CT molecular complexity index is 1380. The molecule has 2 atom stereocenters. The minimum absolute atomic E-state index is 0.0120. The van der Waals surface area contributed by atoms with Crippen LogP contribution < -0.4 is 20.3 Å². The van der Waals surface area contributed by atoms with Crippen LogP contribution in [0, 0.1) is 0 Å². The summed E-state index contributed by atoms with van der Waals surface area (Å²) in [6.07, 6.45) is 14.0. The van der Waals surface area contributed by atoms with E-state index in [-0.39, 0.29) is 18.0 Å². The fraction of sp³-hybridized carbons (Fsp3) is 0.310. The van der Waals surface area contributed by atoms with Gasteiger partial charge >= 0.3 is 0 Å². The molecule has 4 aliphatic rings. The summed E-state index contributed by atoms with van der Waals surface area (Å²) in [5, 5.41) is 6.52. The van der Waals surface area contributed by atoms with E-state index in [1.54, 1.807) is 20.2 Å². The van der Waals surface area contributed by atoms with Gasteiger partial charge in [0.25, 0.3) is 0 Å². The van der Waals surface area contributed by atoms with Crippen LogP contribution in [0.3, 0.4) is 0 Å². The zero-order chi connectivity index (χ0) is 25.4. The first-order valence-electron chi connectivity index (χ1n) is 12.8. The third kappa shape index (κ3) is 4.79. The summed E-state index contributed by atoms with van der Waals surface area (Å²) in [7, 11) is 1.62. The first kappa shape index (κ1) is 23.2. The lowest BCUT2D eigenvalue weighted by molar-refractivity contribution is -0.119. The Kier molecular flexibility index (Phi) is 6.08. The van der Waals surface area contributed by atoms with Crippen molar-refractivity contribution in [2.75, 3.05) is 17.3 Å². The van der Waals surface area contributed by atoms with Crippen LogP contribution >= 0.6 is 0 Å². The van der Waals surface area contributed by atoms with Gasteiger partial charge in [-0.15, -0.1) is 0 Å². The lowest BCUT2D eigenvalue weighted by atomic mass is 9.90. The number of rotatable bonds is 6. The highest BCUT2D eigenvalue weighted by molar-refractivity contribution is 6.19. The second kappa shape index (κ2) is 9.69. The summed E-state index contributed by atoms with van der Waals surface area (Å²) >= 11 is 0. The lowest BCUT2D eigenvalue weighted by Crippen LogP contribution is -2.47. The van der Waals surface area contributed by atoms with Crippen LogP contribution in [0.15, 0.2) is 88.3 Å². The number of hydrogen-bond acceptors (Lipinski definition) is 7. The normalized spacial score (nSPS) is 23.4. The minimum Gasteiger partial charge on any atom is -0.480 e. The van der Waals surface area contributed by atoms with Gasteiger partial charge in [-0.1, -0.05) is 24.3 Å². The molecule has 3 aliphatic carbocycles. The van der Waals surface area contributed by atoms with Crippen molar-refractivity contribution < 1.29 is 9.53 Å². The average Bonchev–Trinajstić information content (AvgIpc) is 3.72. The molecule has 6 rings (SSSR count). The fourth-order valence-corrected chi connectivity index (χ4v) is 5.05. The van der Waals surface area contributed by atoms with Crippen LogP contribution in [0.4, 0.5) is 17.1 Å². The van der Waals surface area contributed by atoms with Crippen LogP contribution in [0.2, 0.25) is 0 Å². The molecule has 2 heterocycles. The molecular weight excluding hydrogens is 464 g/mol. The van der Waals surface area contributed by atoms with Crippen LogP contribution in [0.1, 0.15) is 32.6 Å². The highest BCUT2D eigenvalue weighted by Gasteiger charge is 2.37. The SMILES string of the molecule is COc1ncccc1NC1=CC2=Nc3ccccc3N(C3=CCC(NC(C)=O)C=C3)C2C/C1=N\C1CC1. The van der Waals surface area contributed by atoms with Gasteiger partial charge in [0, 0.05) is 25.2 Å². The van der Waals surface area contributed by atoms with Crippen molar-refractivity contribution in [1.29, 1.82) is 0 Å². The Morgan fingerprint density at radius 1 is 1.19 bits per heavy atom. The first-order valence-corrected chi connectivity index (χ1v) is 12.8. The maximum absolute atomic E-state index is 11.5. The smallest absolute Gasteiger partial charge is 0.237 e. The Labute approximate surface area is 216 Å². The van der Waals surface area contributed by atoms with Crippen molar-refractivity contribution in [1.82, 2.24) is 10.3 Å². The van der Waals surface area contributed by atoms with Gasteiger partial charge < -0.3 is 20.3 Å². The number of hydrogen-bond donors (Lipinski definition) is 2. The molecule has 8 heteroatoms. The van der Waals surface area contributed by atoms with E-state index in [0.717, 1.165) is 65.6 Å². The van der Waals surface area contributed by atoms with E-state index in [1.165, 1.54) is 0 Å². The van der Waals surface area contributed by atoms with Crippen molar-refractivity contribution >= 4 is 34.4 Å². The van der Waals surface area contributed by atoms with Crippen molar-refractivity contribution in [2.24, 2.45) is 9.98 Å². The number of methoxy groups -OCH3 is 1. The van der Waals surface area contributed by atoms with Gasteiger partial charge in [-0.2, -0.15) is 0 Å². The number of ether oxygens (including phenoxy) is 1. The van der Waals surface area contributed by atoms with E-state index in [1.807, 2.05) is 18.2 Å². The molecule has 1 amide bonds. The van der Waals surface area contributed by atoms with E-state index in [9.17, 15) is 4.79 Å². The van der Waals surface area contributed by atoms with E-state index in [2.05, 4.69) is 63.0 Å². The highest BCUT2D eigenvalue weighted by Crippen LogP contribution is 2.41. The molecule has 1 aromatic carbocycles. The number of allylic oxidation sites excluding steroid dienone is 2. The summed E-state index contributed by atoms with van der Waals surface area (Å²) in [6.45, 7) is 1.55. The van der Waals surface area contributed by atoms with Crippen LogP contribution in [0.5, 0.6) is 5.88 Å². The number of carbonyl (C=O) groups is 1. The van der Waals surface area contributed by atoms with Gasteiger partial charge in [0.1, 0.15) is 5.69 Å². The standard InChI is InChI=1S/C29H30N6O2/c1-18(36)31-19-11-13-21(14-12-19)35-27-8-4-3-6-22(27)33-26-16-24(25(17-28(26)35)32-20-9-10-20)34-23-7-5-15-30-29(23)37-2/h3-8,11,13-16,19-20,28,34H,9-10,12,17H2,1-2H3,(H,31,36)/b32-25+. The van der Waals surface area contributed by atoms with Crippen molar-refractivity contribution in [2.45, 2.75) is 50.7 Å². The molecule has 188 valence electrons. The predicted molar refractivity (Wildman–Crippen MR) is 147 cm³/mol. The number of benzene rings is 1. The van der Waals surface area contributed by atoms with Crippen LogP contribution in [-0.2, 0) is 4.79 Å². The number of para-hydroxylation sites is 2. The Balaban J connectivity index is 1.39. The van der Waals surface area contributed by atoms with Crippen LogP contribution in [0.25, 0.3) is 0 Å². The number of aliphatic imine (C=N–C) groups is 2. The number of aromatic nitrogens is 1. The van der Waals surface area contributed by atoms with Crippen LogP contribution in [-0.4, -0.2) is 47.5 Å². The maximum atomic E-state index is 11.5. The summed E-state index contributed by atoms with van der Waals surface area (Å²) in [5.74, 6) is 0.521. The molecule has 0 saturated heterocycles. The number of carbonyl (C=O) groups excluding carboxylic acids is 1. The van der Waals surface area contributed by atoms with Crippen molar-refractivity contribution in [3.05, 3.63) is 78.3 Å². The molecule has 2 N–H and O–H groups in total. The van der Waals surface area contributed by atoms with Gasteiger partial charge in [-0.3, -0.25) is 9.79 Å². The number of pyridine rings is 1. The largest absolute Gasteiger partial charge is 0.480 e. The molecule has 37 heavy (non-hydrogen) atoms. The number of anilines is 2. The Morgan fingerprint density at radius 3 is 2.81 bits per heavy atom. The highest BCUT2D eigenvalue weighted by atomic mass is 16.5. The summed E-state index contributed by atoms with van der Waals surface area (Å²) < 4.78 is 5.48. The average molecular weight is 495 g/mol. The summed E-state index contributed by atoms with van der Waals surface area (Å²) in [4.78, 5) is 28.4. The quantitative estimate of drug-likeness (QED) is 0.607. The molecule has 0 radical (unpaired) electrons. The minimum atomic E-state index is -0.0205. The number of nitrogens with zero attached hydrogens (tertiary/aromatic N) is 4. The number of nitrogens with one attached hydrogen (secondary N) is 2. The molecule has 0 bridgehead atoms. The van der Waals surface area contributed by atoms with E-state index in [4.69, 9.17) is 14.7 Å². The molecule has 1 saturated carbocycles. The van der Waals surface area contributed by atoms with E-state index in [0.29, 0.717) is 11.9 Å². The molecule has 0 spiro atoms.